The van der Waals surface area contributed by atoms with Crippen molar-refractivity contribution in [2.45, 2.75) is 54.9 Å². The van der Waals surface area contributed by atoms with Gasteiger partial charge in [-0.05, 0) is 59.7 Å². The van der Waals surface area contributed by atoms with Crippen LogP contribution in [0.3, 0.4) is 0 Å². The van der Waals surface area contributed by atoms with Gasteiger partial charge in [-0.15, -0.1) is 0 Å². The van der Waals surface area contributed by atoms with E-state index in [1.54, 1.807) is 42.5 Å². The molecule has 0 aliphatic heterocycles. The minimum atomic E-state index is -0.548. The molecular weight excluding hydrogens is 460 g/mol. The van der Waals surface area contributed by atoms with Crippen molar-refractivity contribution in [1.29, 1.82) is 0 Å². The highest BCUT2D eigenvalue weighted by Crippen LogP contribution is 2.47. The second kappa shape index (κ2) is 9.29. The molecule has 0 saturated heterocycles. The Bertz CT molecular complexity index is 1370. The van der Waals surface area contributed by atoms with Gasteiger partial charge < -0.3 is 10.6 Å². The number of carbonyl (C=O) groups excluding carboxylic acids is 3. The Morgan fingerprint density at radius 3 is 1.68 bits per heavy atom. The molecular formula is C32H36N2O3. The fourth-order valence-electron chi connectivity index (χ4n) is 5.00. The molecule has 0 spiro atoms. The monoisotopic (exact) mass is 496 g/mol. The van der Waals surface area contributed by atoms with Crippen LogP contribution in [0.25, 0.3) is 0 Å². The summed E-state index contributed by atoms with van der Waals surface area (Å²) in [5.74, 6) is -0.275. The molecule has 0 bridgehead atoms. The molecule has 0 fully saturated rings. The summed E-state index contributed by atoms with van der Waals surface area (Å²) >= 11 is 0. The van der Waals surface area contributed by atoms with Crippen LogP contribution in [-0.4, -0.2) is 17.5 Å². The number of rotatable bonds is 5. The average molecular weight is 497 g/mol. The minimum absolute atomic E-state index is 0.00813. The average Bonchev–Trinajstić information content (AvgIpc) is 2.82. The van der Waals surface area contributed by atoms with Crippen molar-refractivity contribution in [3.05, 3.63) is 89.0 Å². The SMILES string of the molecule is CC(C)(C)CC(C)(C(=O)Nc1ccc(Nc2ccc3c(c2)C(=O)c2ccccc2C3=O)cc1)C(C)(C)C. The van der Waals surface area contributed by atoms with Gasteiger partial charge >= 0.3 is 0 Å². The van der Waals surface area contributed by atoms with Gasteiger partial charge in [0, 0.05) is 39.3 Å². The smallest absolute Gasteiger partial charge is 0.230 e. The summed E-state index contributed by atoms with van der Waals surface area (Å²) in [6.07, 6.45) is 0.763. The van der Waals surface area contributed by atoms with Gasteiger partial charge in [-0.1, -0.05) is 72.7 Å². The third kappa shape index (κ3) is 5.22. The molecule has 1 unspecified atom stereocenters. The summed E-state index contributed by atoms with van der Waals surface area (Å²) in [6.45, 7) is 14.9. The van der Waals surface area contributed by atoms with Crippen molar-refractivity contribution in [1.82, 2.24) is 0 Å². The molecule has 0 aromatic heterocycles. The van der Waals surface area contributed by atoms with Gasteiger partial charge in [0.05, 0.1) is 5.41 Å². The van der Waals surface area contributed by atoms with E-state index in [1.807, 2.05) is 31.2 Å². The maximum Gasteiger partial charge on any atom is 0.230 e. The predicted octanol–water partition coefficient (Wildman–Crippen LogP) is 7.63. The number of carbonyl (C=O) groups is 3. The highest BCUT2D eigenvalue weighted by atomic mass is 16.2. The van der Waals surface area contributed by atoms with Crippen LogP contribution in [0.4, 0.5) is 17.1 Å². The second-order valence-electron chi connectivity index (χ2n) is 12.4. The summed E-state index contributed by atoms with van der Waals surface area (Å²) in [7, 11) is 0. The third-order valence-corrected chi connectivity index (χ3v) is 7.40. The topological polar surface area (TPSA) is 75.3 Å². The van der Waals surface area contributed by atoms with Crippen LogP contribution in [0, 0.1) is 16.2 Å². The van der Waals surface area contributed by atoms with Crippen molar-refractivity contribution in [2.24, 2.45) is 16.2 Å². The lowest BCUT2D eigenvalue weighted by Gasteiger charge is -2.44. The van der Waals surface area contributed by atoms with E-state index in [4.69, 9.17) is 0 Å². The van der Waals surface area contributed by atoms with E-state index < -0.39 is 5.41 Å². The van der Waals surface area contributed by atoms with E-state index in [9.17, 15) is 14.4 Å². The molecule has 1 aliphatic carbocycles. The number of nitrogens with one attached hydrogen (secondary N) is 2. The fraction of sp³-hybridized carbons (Fsp3) is 0.344. The van der Waals surface area contributed by atoms with Gasteiger partial charge in [-0.3, -0.25) is 14.4 Å². The van der Waals surface area contributed by atoms with Gasteiger partial charge in [0.25, 0.3) is 0 Å². The van der Waals surface area contributed by atoms with Crippen molar-refractivity contribution in [2.75, 3.05) is 10.6 Å². The molecule has 0 radical (unpaired) electrons. The van der Waals surface area contributed by atoms with E-state index in [1.165, 1.54) is 0 Å². The maximum atomic E-state index is 13.4. The van der Waals surface area contributed by atoms with Crippen LogP contribution in [0.5, 0.6) is 0 Å². The first kappa shape index (κ1) is 26.3. The number of ketones is 2. The standard InChI is InChI=1S/C32H36N2O3/c1-30(2,3)19-32(7,31(4,5)6)29(37)34-21-14-12-20(13-15-21)33-22-16-17-25-26(18-22)28(36)24-11-9-8-10-23(24)27(25)35/h8-18,33H,19H2,1-7H3,(H,34,37). The largest absolute Gasteiger partial charge is 0.356 e. The van der Waals surface area contributed by atoms with Crippen molar-refractivity contribution >= 4 is 34.5 Å². The first-order valence-corrected chi connectivity index (χ1v) is 12.7. The van der Waals surface area contributed by atoms with E-state index in [0.29, 0.717) is 27.9 Å². The first-order valence-electron chi connectivity index (χ1n) is 12.7. The lowest BCUT2D eigenvalue weighted by molar-refractivity contribution is -0.133. The highest BCUT2D eigenvalue weighted by molar-refractivity contribution is 6.28. The van der Waals surface area contributed by atoms with E-state index in [2.05, 4.69) is 52.2 Å². The van der Waals surface area contributed by atoms with Gasteiger partial charge in [-0.2, -0.15) is 0 Å². The van der Waals surface area contributed by atoms with Crippen LogP contribution in [0.15, 0.2) is 66.7 Å². The van der Waals surface area contributed by atoms with Crippen LogP contribution >= 0.6 is 0 Å². The number of fused-ring (bicyclic) bond motifs is 2. The van der Waals surface area contributed by atoms with Crippen LogP contribution in [-0.2, 0) is 4.79 Å². The maximum absolute atomic E-state index is 13.4. The number of benzene rings is 3. The molecule has 3 aromatic carbocycles. The van der Waals surface area contributed by atoms with Crippen LogP contribution in [0.2, 0.25) is 0 Å². The fourth-order valence-corrected chi connectivity index (χ4v) is 5.00. The number of amides is 1. The van der Waals surface area contributed by atoms with Gasteiger partial charge in [-0.25, -0.2) is 0 Å². The molecule has 1 amide bonds. The molecule has 1 aliphatic rings. The Balaban J connectivity index is 1.51. The van der Waals surface area contributed by atoms with Crippen molar-refractivity contribution in [3.63, 3.8) is 0 Å². The zero-order valence-corrected chi connectivity index (χ0v) is 22.8. The second-order valence-corrected chi connectivity index (χ2v) is 12.4. The normalized spacial score (nSPS) is 14.9. The lowest BCUT2D eigenvalue weighted by Crippen LogP contribution is -2.46. The summed E-state index contributed by atoms with van der Waals surface area (Å²) in [5, 5.41) is 6.42. The van der Waals surface area contributed by atoms with E-state index in [0.717, 1.165) is 17.8 Å². The molecule has 192 valence electrons. The van der Waals surface area contributed by atoms with Crippen molar-refractivity contribution in [3.8, 4) is 0 Å². The Hall–Kier alpha value is -3.73. The Morgan fingerprint density at radius 1 is 0.649 bits per heavy atom. The number of anilines is 3. The number of hydrogen-bond acceptors (Lipinski definition) is 4. The molecule has 0 saturated carbocycles. The third-order valence-electron chi connectivity index (χ3n) is 7.40. The molecule has 5 heteroatoms. The predicted molar refractivity (Wildman–Crippen MR) is 150 cm³/mol. The number of hydrogen-bond donors (Lipinski definition) is 2. The quantitative estimate of drug-likeness (QED) is 0.298. The summed E-state index contributed by atoms with van der Waals surface area (Å²) in [6, 6.07) is 19.6. The van der Waals surface area contributed by atoms with Gasteiger partial charge in [0.1, 0.15) is 0 Å². The molecule has 37 heavy (non-hydrogen) atoms. The van der Waals surface area contributed by atoms with Gasteiger partial charge in [0.15, 0.2) is 11.6 Å². The van der Waals surface area contributed by atoms with E-state index in [-0.39, 0.29) is 28.3 Å². The molecule has 3 aromatic rings. The molecule has 0 heterocycles. The van der Waals surface area contributed by atoms with Crippen LogP contribution in [0.1, 0.15) is 86.7 Å². The Kier molecular flexibility index (Phi) is 6.61. The summed E-state index contributed by atoms with van der Waals surface area (Å²) in [4.78, 5) is 39.3. The molecule has 5 nitrogen and oxygen atoms in total. The Labute approximate surface area is 219 Å². The zero-order chi connectivity index (χ0) is 27.2. The lowest BCUT2D eigenvalue weighted by atomic mass is 9.61. The van der Waals surface area contributed by atoms with Gasteiger partial charge in [0.2, 0.25) is 5.91 Å². The van der Waals surface area contributed by atoms with Crippen LogP contribution < -0.4 is 10.6 Å². The Morgan fingerprint density at radius 2 is 1.14 bits per heavy atom. The molecule has 1 atom stereocenters. The molecule has 4 rings (SSSR count). The first-order chi connectivity index (χ1) is 17.2. The minimum Gasteiger partial charge on any atom is -0.356 e. The zero-order valence-electron chi connectivity index (χ0n) is 22.8. The van der Waals surface area contributed by atoms with Crippen molar-refractivity contribution < 1.29 is 14.4 Å². The highest BCUT2D eigenvalue weighted by Gasteiger charge is 2.46. The van der Waals surface area contributed by atoms with E-state index >= 15 is 0 Å². The molecule has 2 N–H and O–H groups in total. The summed E-state index contributed by atoms with van der Waals surface area (Å²) < 4.78 is 0. The summed E-state index contributed by atoms with van der Waals surface area (Å²) in [5.41, 5.74) is 3.20.